The van der Waals surface area contributed by atoms with Crippen LogP contribution in [-0.2, 0) is 14.3 Å². The molecule has 0 aromatic heterocycles. The molecule has 1 unspecified atom stereocenters. The van der Waals surface area contributed by atoms with E-state index in [2.05, 4.69) is 60.4 Å². The van der Waals surface area contributed by atoms with Gasteiger partial charge in [0.2, 0.25) is 5.91 Å². The van der Waals surface area contributed by atoms with Gasteiger partial charge in [-0.3, -0.25) is 4.79 Å². The molecule has 1 atom stereocenters. The third-order valence-corrected chi connectivity index (χ3v) is 9.69. The number of nitrogens with one attached hydrogen (secondary N) is 1. The third kappa shape index (κ3) is 33.6. The Hall–Kier alpha value is -0.870. The molecular formula is C44H87NO3. The van der Waals surface area contributed by atoms with Crippen LogP contribution >= 0.6 is 0 Å². The Morgan fingerprint density at radius 3 is 1.35 bits per heavy atom. The Morgan fingerprint density at radius 1 is 0.562 bits per heavy atom. The average molecular weight is 678 g/mol. The van der Waals surface area contributed by atoms with Gasteiger partial charge in [0.15, 0.2) is 6.29 Å². The van der Waals surface area contributed by atoms with Crippen molar-refractivity contribution >= 4 is 5.91 Å². The molecule has 0 aliphatic carbocycles. The highest BCUT2D eigenvalue weighted by Gasteiger charge is 2.23. The Balaban J connectivity index is 4.85. The van der Waals surface area contributed by atoms with Crippen molar-refractivity contribution in [3.8, 4) is 0 Å². The van der Waals surface area contributed by atoms with Crippen LogP contribution in [0.2, 0.25) is 0 Å². The minimum atomic E-state index is -0.128. The van der Waals surface area contributed by atoms with Crippen LogP contribution in [-0.4, -0.2) is 32.0 Å². The predicted octanol–water partition coefficient (Wildman–Crippen LogP) is 13.9. The Labute approximate surface area is 302 Å². The zero-order chi connectivity index (χ0) is 35.9. The molecule has 0 aromatic rings. The van der Waals surface area contributed by atoms with Crippen molar-refractivity contribution in [3.63, 3.8) is 0 Å². The molecule has 0 fully saturated rings. The lowest BCUT2D eigenvalue weighted by Gasteiger charge is -2.28. The van der Waals surface area contributed by atoms with E-state index >= 15 is 0 Å². The summed E-state index contributed by atoms with van der Waals surface area (Å²) in [7, 11) is 0. The summed E-state index contributed by atoms with van der Waals surface area (Å²) < 4.78 is 13.2. The first-order chi connectivity index (χ1) is 22.9. The molecule has 0 saturated carbocycles. The molecular weight excluding hydrogens is 590 g/mol. The van der Waals surface area contributed by atoms with E-state index in [1.807, 2.05) is 0 Å². The fraction of sp³-hybridized carbons (Fsp3) is 0.932. The molecule has 4 heteroatoms. The summed E-state index contributed by atoms with van der Waals surface area (Å²) in [5.74, 6) is 0.346. The maximum absolute atomic E-state index is 12.1. The highest BCUT2D eigenvalue weighted by Crippen LogP contribution is 2.26. The van der Waals surface area contributed by atoms with Crippen LogP contribution in [0.15, 0.2) is 12.2 Å². The molecule has 0 heterocycles. The van der Waals surface area contributed by atoms with Crippen molar-refractivity contribution in [2.45, 2.75) is 229 Å². The van der Waals surface area contributed by atoms with Crippen molar-refractivity contribution < 1.29 is 14.3 Å². The third-order valence-electron chi connectivity index (χ3n) is 9.69. The Bertz CT molecular complexity index is 700. The molecule has 1 amide bonds. The summed E-state index contributed by atoms with van der Waals surface area (Å²) in [5, 5.41) is 3.04. The molecule has 0 aromatic carbocycles. The van der Waals surface area contributed by atoms with Gasteiger partial charge in [0.25, 0.3) is 0 Å². The number of ether oxygens (including phenoxy) is 2. The zero-order valence-corrected chi connectivity index (χ0v) is 34.1. The van der Waals surface area contributed by atoms with Crippen molar-refractivity contribution in [1.82, 2.24) is 5.32 Å². The van der Waals surface area contributed by atoms with Crippen molar-refractivity contribution in [1.29, 1.82) is 0 Å². The van der Waals surface area contributed by atoms with Crippen molar-refractivity contribution in [3.05, 3.63) is 12.2 Å². The van der Waals surface area contributed by atoms with Crippen LogP contribution in [0, 0.1) is 16.7 Å². The van der Waals surface area contributed by atoms with Gasteiger partial charge in [-0.05, 0) is 62.7 Å². The molecule has 1 N–H and O–H groups in total. The van der Waals surface area contributed by atoms with Gasteiger partial charge in [0.05, 0.1) is 0 Å². The number of hydrogen-bond acceptors (Lipinski definition) is 3. The fourth-order valence-corrected chi connectivity index (χ4v) is 6.50. The van der Waals surface area contributed by atoms with Crippen LogP contribution in [0.5, 0.6) is 0 Å². The molecule has 0 radical (unpaired) electrons. The summed E-state index contributed by atoms with van der Waals surface area (Å²) in [6.07, 6.45) is 33.1. The lowest BCUT2D eigenvalue weighted by Crippen LogP contribution is -2.30. The van der Waals surface area contributed by atoms with E-state index in [9.17, 15) is 4.79 Å². The molecule has 286 valence electrons. The molecule has 48 heavy (non-hydrogen) atoms. The maximum Gasteiger partial charge on any atom is 0.246 e. The first kappa shape index (κ1) is 47.1. The molecule has 0 saturated heterocycles. The lowest BCUT2D eigenvalue weighted by atomic mass is 9.89. The molecule has 0 spiro atoms. The summed E-state index contributed by atoms with van der Waals surface area (Å²) in [6.45, 7) is 24.2. The molecule has 4 nitrogen and oxygen atoms in total. The van der Waals surface area contributed by atoms with Gasteiger partial charge in [-0.2, -0.15) is 0 Å². The van der Waals surface area contributed by atoms with Gasteiger partial charge >= 0.3 is 0 Å². The summed E-state index contributed by atoms with van der Waals surface area (Å²) in [4.78, 5) is 12.1. The summed E-state index contributed by atoms with van der Waals surface area (Å²) >= 11 is 0. The highest BCUT2D eigenvalue weighted by atomic mass is 16.7. The fourth-order valence-electron chi connectivity index (χ4n) is 6.50. The first-order valence-electron chi connectivity index (χ1n) is 21.0. The van der Waals surface area contributed by atoms with Gasteiger partial charge in [-0.1, -0.05) is 177 Å². The van der Waals surface area contributed by atoms with Gasteiger partial charge in [-0.25, -0.2) is 0 Å². The Kier molecular flexibility index (Phi) is 30.4. The standard InChI is InChI=1S/C44H87NO3/c1-10-11-12-13-16-21-26-32-40(33-31-36-45-41(46)39(2)3)42(47-37-29-24-19-14-17-22-27-34-43(4,5)6)48-38-30-25-20-15-18-23-28-35-44(7,8)9/h40,42H,2,10-38H2,1,3-9H3,(H,45,46). The second-order valence-corrected chi connectivity index (χ2v) is 17.5. The molecule has 0 rings (SSSR count). The number of carbonyl (C=O) groups excluding carboxylic acids is 1. The summed E-state index contributed by atoms with van der Waals surface area (Å²) in [5.41, 5.74) is 1.51. The topological polar surface area (TPSA) is 47.6 Å². The smallest absolute Gasteiger partial charge is 0.246 e. The van der Waals surface area contributed by atoms with Crippen LogP contribution in [0.3, 0.4) is 0 Å². The van der Waals surface area contributed by atoms with E-state index in [0.717, 1.165) is 45.3 Å². The van der Waals surface area contributed by atoms with Gasteiger partial charge in [-0.15, -0.1) is 0 Å². The average Bonchev–Trinajstić information content (AvgIpc) is 3.01. The van der Waals surface area contributed by atoms with E-state index in [4.69, 9.17) is 9.47 Å². The number of hydrogen-bond donors (Lipinski definition) is 1. The molecule has 0 aliphatic heterocycles. The Morgan fingerprint density at radius 2 is 0.938 bits per heavy atom. The van der Waals surface area contributed by atoms with E-state index in [-0.39, 0.29) is 12.2 Å². The monoisotopic (exact) mass is 678 g/mol. The van der Waals surface area contributed by atoms with E-state index in [0.29, 0.717) is 28.9 Å². The number of rotatable bonds is 34. The minimum Gasteiger partial charge on any atom is -0.352 e. The van der Waals surface area contributed by atoms with Crippen LogP contribution in [0.25, 0.3) is 0 Å². The zero-order valence-electron chi connectivity index (χ0n) is 34.1. The summed E-state index contributed by atoms with van der Waals surface area (Å²) in [6, 6.07) is 0. The van der Waals surface area contributed by atoms with Crippen molar-refractivity contribution in [2.75, 3.05) is 19.8 Å². The lowest BCUT2D eigenvalue weighted by molar-refractivity contribution is -0.177. The van der Waals surface area contributed by atoms with Crippen LogP contribution in [0.4, 0.5) is 0 Å². The quantitative estimate of drug-likeness (QED) is 0.0419. The minimum absolute atomic E-state index is 0.0360. The maximum atomic E-state index is 12.1. The number of amides is 1. The second kappa shape index (κ2) is 30.9. The van der Waals surface area contributed by atoms with Crippen LogP contribution < -0.4 is 5.32 Å². The molecule has 0 bridgehead atoms. The second-order valence-electron chi connectivity index (χ2n) is 17.5. The van der Waals surface area contributed by atoms with E-state index in [1.54, 1.807) is 6.92 Å². The van der Waals surface area contributed by atoms with E-state index in [1.165, 1.54) is 135 Å². The van der Waals surface area contributed by atoms with Crippen LogP contribution in [0.1, 0.15) is 222 Å². The predicted molar refractivity (Wildman–Crippen MR) is 212 cm³/mol. The van der Waals surface area contributed by atoms with Crippen molar-refractivity contribution in [2.24, 2.45) is 16.7 Å². The number of carbonyl (C=O) groups is 1. The largest absolute Gasteiger partial charge is 0.352 e. The first-order valence-corrected chi connectivity index (χ1v) is 21.0. The normalized spacial score (nSPS) is 12.9. The number of unbranched alkanes of at least 4 members (excludes halogenated alkanes) is 18. The SMILES string of the molecule is C=C(C)C(=O)NCCCC(CCCCCCCCC)C(OCCCCCCCCCC(C)(C)C)OCCCCCCCCCC(C)(C)C. The highest BCUT2D eigenvalue weighted by molar-refractivity contribution is 5.91. The molecule has 0 aliphatic rings. The van der Waals surface area contributed by atoms with Gasteiger partial charge in [0, 0.05) is 31.2 Å². The van der Waals surface area contributed by atoms with Gasteiger partial charge < -0.3 is 14.8 Å². The van der Waals surface area contributed by atoms with E-state index < -0.39 is 0 Å². The van der Waals surface area contributed by atoms with Gasteiger partial charge in [0.1, 0.15) is 0 Å².